The summed E-state index contributed by atoms with van der Waals surface area (Å²) in [6.45, 7) is 3.83. The van der Waals surface area contributed by atoms with Gasteiger partial charge in [-0.1, -0.05) is 0 Å². The topological polar surface area (TPSA) is 47.3 Å². The van der Waals surface area contributed by atoms with Crippen LogP contribution in [0, 0.1) is 6.92 Å². The van der Waals surface area contributed by atoms with Crippen molar-refractivity contribution >= 4 is 11.4 Å². The van der Waals surface area contributed by atoms with E-state index in [1.165, 1.54) is 0 Å². The summed E-state index contributed by atoms with van der Waals surface area (Å²) in [6, 6.07) is 6.02. The molecule has 0 radical (unpaired) electrons. The number of hydrogen-bond acceptors (Lipinski definition) is 3. The molecule has 0 bridgehead atoms. The molecule has 0 spiro atoms. The molecule has 0 aliphatic carbocycles. The van der Waals surface area contributed by atoms with Gasteiger partial charge in [0.1, 0.15) is 0 Å². The second-order valence-electron chi connectivity index (χ2n) is 3.70. The van der Waals surface area contributed by atoms with E-state index in [2.05, 4.69) is 11.4 Å². The number of methoxy groups -OCH3 is 1. The monoisotopic (exact) mass is 208 g/mol. The minimum Gasteiger partial charge on any atom is -0.399 e. The van der Waals surface area contributed by atoms with Crippen molar-refractivity contribution in [3.63, 3.8) is 0 Å². The average Bonchev–Trinajstić information content (AvgIpc) is 2.23. The van der Waals surface area contributed by atoms with Crippen molar-refractivity contribution in [2.75, 3.05) is 31.3 Å². The molecule has 3 nitrogen and oxygen atoms in total. The molecule has 84 valence electrons. The summed E-state index contributed by atoms with van der Waals surface area (Å²) >= 11 is 0. The van der Waals surface area contributed by atoms with Gasteiger partial charge in [-0.25, -0.2) is 0 Å². The van der Waals surface area contributed by atoms with Gasteiger partial charge in [0.2, 0.25) is 0 Å². The molecule has 0 amide bonds. The van der Waals surface area contributed by atoms with Gasteiger partial charge in [-0.05, 0) is 43.5 Å². The van der Waals surface area contributed by atoms with Gasteiger partial charge in [0.25, 0.3) is 0 Å². The number of rotatable bonds is 6. The SMILES string of the molecule is COCCCCNc1ccc(N)c(C)c1. The zero-order valence-corrected chi connectivity index (χ0v) is 9.55. The highest BCUT2D eigenvalue weighted by molar-refractivity contribution is 5.56. The fourth-order valence-corrected chi connectivity index (χ4v) is 1.39. The van der Waals surface area contributed by atoms with Crippen molar-refractivity contribution in [2.45, 2.75) is 19.8 Å². The molecule has 1 rings (SSSR count). The Bertz CT molecular complexity index is 300. The summed E-state index contributed by atoms with van der Waals surface area (Å²) in [5.74, 6) is 0. The van der Waals surface area contributed by atoms with Gasteiger partial charge < -0.3 is 15.8 Å². The summed E-state index contributed by atoms with van der Waals surface area (Å²) in [4.78, 5) is 0. The molecule has 0 atom stereocenters. The third-order valence-electron chi connectivity index (χ3n) is 2.37. The van der Waals surface area contributed by atoms with Gasteiger partial charge in [0.15, 0.2) is 0 Å². The summed E-state index contributed by atoms with van der Waals surface area (Å²) in [7, 11) is 1.73. The molecule has 0 aliphatic rings. The Balaban J connectivity index is 2.28. The summed E-state index contributed by atoms with van der Waals surface area (Å²) in [5.41, 5.74) is 8.85. The number of nitrogen functional groups attached to an aromatic ring is 1. The van der Waals surface area contributed by atoms with Gasteiger partial charge in [-0.3, -0.25) is 0 Å². The Hall–Kier alpha value is -1.22. The summed E-state index contributed by atoms with van der Waals surface area (Å²) < 4.78 is 4.98. The number of ether oxygens (including phenoxy) is 1. The molecule has 0 saturated carbocycles. The second-order valence-corrected chi connectivity index (χ2v) is 3.70. The van der Waals surface area contributed by atoms with E-state index < -0.39 is 0 Å². The molecule has 0 aromatic heterocycles. The summed E-state index contributed by atoms with van der Waals surface area (Å²) in [6.07, 6.45) is 2.22. The number of aryl methyl sites for hydroxylation is 1. The van der Waals surface area contributed by atoms with Crippen molar-refractivity contribution < 1.29 is 4.74 Å². The highest BCUT2D eigenvalue weighted by atomic mass is 16.5. The highest BCUT2D eigenvalue weighted by Gasteiger charge is 1.95. The Morgan fingerprint density at radius 3 is 2.80 bits per heavy atom. The van der Waals surface area contributed by atoms with E-state index in [9.17, 15) is 0 Å². The van der Waals surface area contributed by atoms with Crippen molar-refractivity contribution in [1.29, 1.82) is 0 Å². The van der Waals surface area contributed by atoms with E-state index in [1.54, 1.807) is 7.11 Å². The van der Waals surface area contributed by atoms with Crippen LogP contribution in [0.4, 0.5) is 11.4 Å². The average molecular weight is 208 g/mol. The Morgan fingerprint density at radius 2 is 2.13 bits per heavy atom. The summed E-state index contributed by atoms with van der Waals surface area (Å²) in [5, 5.41) is 3.36. The molecule has 1 aromatic carbocycles. The fourth-order valence-electron chi connectivity index (χ4n) is 1.39. The van der Waals surface area contributed by atoms with E-state index in [-0.39, 0.29) is 0 Å². The van der Waals surface area contributed by atoms with Crippen LogP contribution in [0.1, 0.15) is 18.4 Å². The lowest BCUT2D eigenvalue weighted by atomic mass is 10.2. The first-order valence-electron chi connectivity index (χ1n) is 5.33. The van der Waals surface area contributed by atoms with Gasteiger partial charge in [-0.2, -0.15) is 0 Å². The van der Waals surface area contributed by atoms with E-state index >= 15 is 0 Å². The number of nitrogens with two attached hydrogens (primary N) is 1. The number of nitrogens with one attached hydrogen (secondary N) is 1. The largest absolute Gasteiger partial charge is 0.399 e. The maximum absolute atomic E-state index is 5.74. The Morgan fingerprint density at radius 1 is 1.33 bits per heavy atom. The van der Waals surface area contributed by atoms with Gasteiger partial charge in [0.05, 0.1) is 0 Å². The van der Waals surface area contributed by atoms with Crippen LogP contribution in [0.25, 0.3) is 0 Å². The molecule has 0 fully saturated rings. The van der Waals surface area contributed by atoms with Crippen LogP contribution in [0.15, 0.2) is 18.2 Å². The van der Waals surface area contributed by atoms with Gasteiger partial charge in [0, 0.05) is 31.6 Å². The lowest BCUT2D eigenvalue weighted by Crippen LogP contribution is -2.03. The van der Waals surface area contributed by atoms with E-state index in [0.717, 1.165) is 42.9 Å². The van der Waals surface area contributed by atoms with Crippen molar-refractivity contribution in [1.82, 2.24) is 0 Å². The van der Waals surface area contributed by atoms with Crippen LogP contribution in [0.5, 0.6) is 0 Å². The normalized spacial score (nSPS) is 10.3. The molecule has 3 N–H and O–H groups in total. The van der Waals surface area contributed by atoms with Crippen molar-refractivity contribution in [2.24, 2.45) is 0 Å². The molecule has 0 aliphatic heterocycles. The molecule has 0 unspecified atom stereocenters. The van der Waals surface area contributed by atoms with Crippen LogP contribution in [-0.2, 0) is 4.74 Å². The maximum atomic E-state index is 5.74. The predicted molar refractivity (Wildman–Crippen MR) is 65.2 cm³/mol. The Labute approximate surface area is 91.6 Å². The van der Waals surface area contributed by atoms with Crippen LogP contribution < -0.4 is 11.1 Å². The number of hydrogen-bond donors (Lipinski definition) is 2. The first kappa shape index (κ1) is 11.9. The first-order valence-corrected chi connectivity index (χ1v) is 5.33. The van der Waals surface area contributed by atoms with E-state index in [4.69, 9.17) is 10.5 Å². The van der Waals surface area contributed by atoms with Crippen molar-refractivity contribution in [3.05, 3.63) is 23.8 Å². The van der Waals surface area contributed by atoms with Crippen molar-refractivity contribution in [3.8, 4) is 0 Å². The van der Waals surface area contributed by atoms with Crippen LogP contribution in [0.3, 0.4) is 0 Å². The molecule has 1 aromatic rings. The van der Waals surface area contributed by atoms with Gasteiger partial charge in [-0.15, -0.1) is 0 Å². The molecular weight excluding hydrogens is 188 g/mol. The highest BCUT2D eigenvalue weighted by Crippen LogP contribution is 2.16. The predicted octanol–water partition coefficient (Wildman–Crippen LogP) is 2.42. The Kier molecular flexibility index (Phi) is 4.98. The molecular formula is C12H20N2O. The number of anilines is 2. The third kappa shape index (κ3) is 4.21. The van der Waals surface area contributed by atoms with E-state index in [0.29, 0.717) is 0 Å². The maximum Gasteiger partial charge on any atom is 0.0462 e. The van der Waals surface area contributed by atoms with Crippen LogP contribution in [0.2, 0.25) is 0 Å². The second kappa shape index (κ2) is 6.30. The van der Waals surface area contributed by atoms with E-state index in [1.807, 2.05) is 19.1 Å². The quantitative estimate of drug-likeness (QED) is 0.557. The standard InChI is InChI=1S/C12H20N2O/c1-10-9-11(5-6-12(10)13)14-7-3-4-8-15-2/h5-6,9,14H,3-4,7-8,13H2,1-2H3. The zero-order valence-electron chi connectivity index (χ0n) is 9.55. The fraction of sp³-hybridized carbons (Fsp3) is 0.500. The third-order valence-corrected chi connectivity index (χ3v) is 2.37. The number of unbranched alkanes of at least 4 members (excludes halogenated alkanes) is 1. The number of benzene rings is 1. The minimum atomic E-state index is 0.836. The lowest BCUT2D eigenvalue weighted by molar-refractivity contribution is 0.194. The first-order chi connectivity index (χ1) is 7.24. The van der Waals surface area contributed by atoms with Gasteiger partial charge >= 0.3 is 0 Å². The molecule has 0 heterocycles. The molecule has 3 heteroatoms. The molecule has 0 saturated heterocycles. The minimum absolute atomic E-state index is 0.836. The van der Waals surface area contributed by atoms with Crippen LogP contribution >= 0.6 is 0 Å². The molecule has 15 heavy (non-hydrogen) atoms. The zero-order chi connectivity index (χ0) is 11.1. The van der Waals surface area contributed by atoms with Crippen LogP contribution in [-0.4, -0.2) is 20.3 Å². The smallest absolute Gasteiger partial charge is 0.0462 e. The lowest BCUT2D eigenvalue weighted by Gasteiger charge is -2.08.